The van der Waals surface area contributed by atoms with E-state index in [0.717, 1.165) is 11.1 Å². The largest absolute Gasteiger partial charge is 0.280 e. The molecule has 0 bridgehead atoms. The molecule has 0 unspecified atom stereocenters. The van der Waals surface area contributed by atoms with Gasteiger partial charge in [-0.1, -0.05) is 11.6 Å². The van der Waals surface area contributed by atoms with Gasteiger partial charge in [0.05, 0.1) is 11.1 Å². The van der Waals surface area contributed by atoms with E-state index in [0.29, 0.717) is 5.69 Å². The van der Waals surface area contributed by atoms with Gasteiger partial charge in [0.1, 0.15) is 0 Å². The lowest BCUT2D eigenvalue weighted by Crippen LogP contribution is -2.12. The third kappa shape index (κ3) is 1.58. The molecule has 0 atom stereocenters. The Balaban J connectivity index is 2.59. The molecular weight excluding hydrogens is 186 g/mol. The number of benzene rings is 1. The third-order valence-corrected chi connectivity index (χ3v) is 2.88. The summed E-state index contributed by atoms with van der Waals surface area (Å²) in [6.07, 6.45) is 1.61. The van der Waals surface area contributed by atoms with Crippen LogP contribution in [0.2, 0.25) is 0 Å². The van der Waals surface area contributed by atoms with Gasteiger partial charge >= 0.3 is 0 Å². The Hall–Kier alpha value is -1.29. The summed E-state index contributed by atoms with van der Waals surface area (Å²) >= 11 is 0. The molecule has 2 rings (SSSR count). The van der Waals surface area contributed by atoms with Crippen LogP contribution in [0.1, 0.15) is 11.1 Å². The molecule has 1 aliphatic heterocycles. The molecule has 0 saturated carbocycles. The minimum absolute atomic E-state index is 0.646. The van der Waals surface area contributed by atoms with Gasteiger partial charge in [-0.25, -0.2) is 8.42 Å². The van der Waals surface area contributed by atoms with Crippen LogP contribution in [0.25, 0.3) is 6.08 Å². The molecule has 68 valence electrons. The first-order chi connectivity index (χ1) is 6.07. The fourth-order valence-electron chi connectivity index (χ4n) is 1.26. The Morgan fingerprint density at radius 2 is 2.08 bits per heavy atom. The lowest BCUT2D eigenvalue weighted by molar-refractivity contribution is 0.609. The highest BCUT2D eigenvalue weighted by Gasteiger charge is 2.13. The number of nitrogens with one attached hydrogen (secondary N) is 1. The number of fused-ring (bicyclic) bond motifs is 1. The van der Waals surface area contributed by atoms with E-state index in [1.165, 1.54) is 5.41 Å². The summed E-state index contributed by atoms with van der Waals surface area (Å²) in [6, 6.07) is 5.58. The van der Waals surface area contributed by atoms with Crippen molar-refractivity contribution in [1.82, 2.24) is 0 Å². The molecule has 0 aromatic heterocycles. The smallest absolute Gasteiger partial charge is 0.255 e. The summed E-state index contributed by atoms with van der Waals surface area (Å²) in [7, 11) is -3.24. The van der Waals surface area contributed by atoms with Gasteiger partial charge in [0, 0.05) is 0 Å². The second-order valence-electron chi connectivity index (χ2n) is 3.04. The summed E-state index contributed by atoms with van der Waals surface area (Å²) in [5.74, 6) is 0. The monoisotopic (exact) mass is 195 g/mol. The minimum Gasteiger partial charge on any atom is -0.280 e. The minimum atomic E-state index is -3.24. The van der Waals surface area contributed by atoms with Crippen LogP contribution >= 0.6 is 0 Å². The molecule has 4 heteroatoms. The van der Waals surface area contributed by atoms with Crippen molar-refractivity contribution < 1.29 is 8.42 Å². The van der Waals surface area contributed by atoms with Gasteiger partial charge in [-0.3, -0.25) is 4.72 Å². The van der Waals surface area contributed by atoms with Crippen LogP contribution in [-0.2, 0) is 10.0 Å². The molecule has 0 fully saturated rings. The topological polar surface area (TPSA) is 46.2 Å². The molecule has 3 nitrogen and oxygen atoms in total. The fraction of sp³-hybridized carbons (Fsp3) is 0.111. The van der Waals surface area contributed by atoms with Crippen molar-refractivity contribution in [3.05, 3.63) is 34.7 Å². The summed E-state index contributed by atoms with van der Waals surface area (Å²) in [4.78, 5) is 0. The Morgan fingerprint density at radius 3 is 2.85 bits per heavy atom. The highest BCUT2D eigenvalue weighted by atomic mass is 32.2. The van der Waals surface area contributed by atoms with E-state index < -0.39 is 10.0 Å². The number of sulfonamides is 1. The van der Waals surface area contributed by atoms with Crippen LogP contribution in [-0.4, -0.2) is 8.42 Å². The molecule has 1 N–H and O–H groups in total. The highest BCUT2D eigenvalue weighted by Crippen LogP contribution is 2.24. The number of hydrogen-bond acceptors (Lipinski definition) is 2. The average Bonchev–Trinajstić information content (AvgIpc) is 2.05. The first-order valence-electron chi connectivity index (χ1n) is 3.88. The van der Waals surface area contributed by atoms with E-state index in [1.807, 2.05) is 19.1 Å². The molecule has 0 saturated heterocycles. The summed E-state index contributed by atoms with van der Waals surface area (Å²) in [6.45, 7) is 1.97. The van der Waals surface area contributed by atoms with Gasteiger partial charge in [0.15, 0.2) is 0 Å². The van der Waals surface area contributed by atoms with E-state index >= 15 is 0 Å². The zero-order valence-corrected chi connectivity index (χ0v) is 7.93. The lowest BCUT2D eigenvalue weighted by Gasteiger charge is -2.13. The number of anilines is 1. The first kappa shape index (κ1) is 8.31. The fourth-order valence-corrected chi connectivity index (χ4v) is 2.15. The molecule has 1 aromatic rings. The van der Waals surface area contributed by atoms with Crippen molar-refractivity contribution in [1.29, 1.82) is 0 Å². The highest BCUT2D eigenvalue weighted by molar-refractivity contribution is 7.95. The van der Waals surface area contributed by atoms with E-state index in [9.17, 15) is 8.42 Å². The normalized spacial score (nSPS) is 17.6. The van der Waals surface area contributed by atoms with Crippen molar-refractivity contribution in [2.45, 2.75) is 6.92 Å². The molecule has 13 heavy (non-hydrogen) atoms. The van der Waals surface area contributed by atoms with Gasteiger partial charge in [-0.05, 0) is 30.7 Å². The Morgan fingerprint density at radius 1 is 1.31 bits per heavy atom. The molecule has 0 aliphatic carbocycles. The average molecular weight is 195 g/mol. The second kappa shape index (κ2) is 2.60. The van der Waals surface area contributed by atoms with Crippen LogP contribution in [0.5, 0.6) is 0 Å². The number of rotatable bonds is 0. The summed E-state index contributed by atoms with van der Waals surface area (Å²) in [5, 5.41) is 1.18. The van der Waals surface area contributed by atoms with Gasteiger partial charge in [0.25, 0.3) is 10.0 Å². The van der Waals surface area contributed by atoms with Crippen molar-refractivity contribution in [3.63, 3.8) is 0 Å². The SMILES string of the molecule is Cc1ccc2c(c1)C=CS(=O)(=O)N2. The number of aryl methyl sites for hydroxylation is 1. The maximum absolute atomic E-state index is 11.1. The Bertz CT molecular complexity index is 474. The van der Waals surface area contributed by atoms with E-state index in [1.54, 1.807) is 12.1 Å². The Kier molecular flexibility index (Phi) is 1.66. The molecule has 0 amide bonds. The molecule has 1 aromatic carbocycles. The van der Waals surface area contributed by atoms with Crippen LogP contribution in [0, 0.1) is 6.92 Å². The molecule has 1 aliphatic rings. The molecule has 1 heterocycles. The van der Waals surface area contributed by atoms with Crippen LogP contribution in [0.15, 0.2) is 23.6 Å². The summed E-state index contributed by atoms with van der Waals surface area (Å²) < 4.78 is 24.6. The van der Waals surface area contributed by atoms with Crippen molar-refractivity contribution in [3.8, 4) is 0 Å². The van der Waals surface area contributed by atoms with Crippen LogP contribution < -0.4 is 4.72 Å². The van der Waals surface area contributed by atoms with E-state index in [4.69, 9.17) is 0 Å². The quantitative estimate of drug-likeness (QED) is 0.685. The van der Waals surface area contributed by atoms with Crippen molar-refractivity contribution >= 4 is 21.8 Å². The van der Waals surface area contributed by atoms with Gasteiger partial charge in [0.2, 0.25) is 0 Å². The van der Waals surface area contributed by atoms with E-state index in [-0.39, 0.29) is 0 Å². The zero-order chi connectivity index (χ0) is 9.47. The first-order valence-corrected chi connectivity index (χ1v) is 5.43. The lowest BCUT2D eigenvalue weighted by atomic mass is 10.1. The van der Waals surface area contributed by atoms with Crippen molar-refractivity contribution in [2.75, 3.05) is 4.72 Å². The standard InChI is InChI=1S/C9H9NO2S/c1-7-2-3-9-8(6-7)4-5-13(11,12)10-9/h2-6,10H,1H3. The predicted molar refractivity (Wildman–Crippen MR) is 52.8 cm³/mol. The molecular formula is C9H9NO2S. The Labute approximate surface area is 77.1 Å². The maximum Gasteiger partial charge on any atom is 0.255 e. The van der Waals surface area contributed by atoms with Crippen molar-refractivity contribution in [2.24, 2.45) is 0 Å². The van der Waals surface area contributed by atoms with Crippen LogP contribution in [0.4, 0.5) is 5.69 Å². The number of hydrogen-bond donors (Lipinski definition) is 1. The summed E-state index contributed by atoms with van der Waals surface area (Å²) in [5.41, 5.74) is 2.67. The molecule has 0 radical (unpaired) electrons. The second-order valence-corrected chi connectivity index (χ2v) is 4.61. The van der Waals surface area contributed by atoms with Gasteiger partial charge in [-0.2, -0.15) is 0 Å². The van der Waals surface area contributed by atoms with Crippen LogP contribution in [0.3, 0.4) is 0 Å². The maximum atomic E-state index is 11.1. The van der Waals surface area contributed by atoms with Gasteiger partial charge < -0.3 is 0 Å². The third-order valence-electron chi connectivity index (χ3n) is 1.89. The zero-order valence-electron chi connectivity index (χ0n) is 7.11. The molecule has 0 spiro atoms. The predicted octanol–water partition coefficient (Wildman–Crippen LogP) is 1.72. The van der Waals surface area contributed by atoms with Gasteiger partial charge in [-0.15, -0.1) is 0 Å². The van der Waals surface area contributed by atoms with E-state index in [2.05, 4.69) is 4.72 Å².